The minimum absolute atomic E-state index is 0.0240. The predicted octanol–water partition coefficient (Wildman–Crippen LogP) is -0.751. The Labute approximate surface area is 69.0 Å². The molecule has 0 bridgehead atoms. The van der Waals surface area contributed by atoms with Crippen molar-refractivity contribution in [1.29, 1.82) is 0 Å². The van der Waals surface area contributed by atoms with Crippen molar-refractivity contribution in [2.45, 2.75) is 0 Å². The summed E-state index contributed by atoms with van der Waals surface area (Å²) < 4.78 is 0. The zero-order valence-corrected chi connectivity index (χ0v) is 7.01. The van der Waals surface area contributed by atoms with Gasteiger partial charge in [-0.25, -0.2) is 5.43 Å². The van der Waals surface area contributed by atoms with Crippen LogP contribution in [0.15, 0.2) is 4.99 Å². The molecule has 0 heterocycles. The number of rotatable bonds is 4. The molecule has 0 aliphatic carbocycles. The van der Waals surface area contributed by atoms with Crippen LogP contribution in [0.4, 0.5) is 0 Å². The van der Waals surface area contributed by atoms with Gasteiger partial charge in [0, 0.05) is 11.1 Å². The summed E-state index contributed by atoms with van der Waals surface area (Å²) >= 11 is 1.63. The molecule has 0 spiro atoms. The lowest BCUT2D eigenvalue weighted by Crippen LogP contribution is -2.42. The average molecular weight is 180 g/mol. The van der Waals surface area contributed by atoms with Gasteiger partial charge in [0.15, 0.2) is 0 Å². The molecule has 0 saturated carbocycles. The van der Waals surface area contributed by atoms with Crippen LogP contribution in [0.3, 0.4) is 0 Å². The molecule has 7 heteroatoms. The van der Waals surface area contributed by atoms with Crippen LogP contribution in [0, 0.1) is 0 Å². The Balaban J connectivity index is 3.46. The van der Waals surface area contributed by atoms with E-state index in [1.165, 1.54) is 0 Å². The molecule has 0 amide bonds. The highest BCUT2D eigenvalue weighted by atomic mass is 32.2. The molecule has 5 N–H and O–H groups in total. The van der Waals surface area contributed by atoms with Crippen molar-refractivity contribution in [3.63, 3.8) is 0 Å². The van der Waals surface area contributed by atoms with E-state index in [2.05, 4.69) is 4.99 Å². The number of hydrogen-bond donors (Lipinski definition) is 4. The first-order valence-corrected chi connectivity index (χ1v) is 4.29. The molecule has 0 unspecified atom stereocenters. The monoisotopic (exact) mass is 180 g/mol. The third-order valence-corrected chi connectivity index (χ3v) is 1.38. The Hall–Kier alpha value is -0.500. The normalized spacial score (nSPS) is 12.2. The quantitative estimate of drug-likeness (QED) is 0.197. The topological polar surface area (TPSA) is 94.1 Å². The Morgan fingerprint density at radius 2 is 2.36 bits per heavy atom. The molecule has 0 fully saturated rings. The molecule has 0 aromatic carbocycles. The molecule has 0 aromatic rings. The van der Waals surface area contributed by atoms with Crippen LogP contribution >= 0.6 is 11.8 Å². The number of aliphatic imine (C=N–C) groups is 1. The van der Waals surface area contributed by atoms with E-state index < -0.39 is 0 Å². The first-order valence-electron chi connectivity index (χ1n) is 2.90. The lowest BCUT2D eigenvalue weighted by Gasteiger charge is -2.07. The van der Waals surface area contributed by atoms with E-state index in [9.17, 15) is 0 Å². The third-order valence-electron chi connectivity index (χ3n) is 0.792. The highest BCUT2D eigenvalue weighted by molar-refractivity contribution is 7.98. The second-order valence-electron chi connectivity index (χ2n) is 1.66. The Bertz CT molecular complexity index is 129. The van der Waals surface area contributed by atoms with Crippen molar-refractivity contribution in [1.82, 2.24) is 10.8 Å². The lowest BCUT2D eigenvalue weighted by atomic mass is 10.8. The van der Waals surface area contributed by atoms with E-state index in [0.29, 0.717) is 6.54 Å². The van der Waals surface area contributed by atoms with E-state index in [-0.39, 0.29) is 11.3 Å². The maximum atomic E-state index is 8.19. The van der Waals surface area contributed by atoms with Crippen molar-refractivity contribution < 1.29 is 10.4 Å². The summed E-state index contributed by atoms with van der Waals surface area (Å²) in [4.78, 5) is 3.75. The van der Waals surface area contributed by atoms with Gasteiger partial charge in [-0.1, -0.05) is 0 Å². The molecule has 0 aliphatic rings. The number of nitrogens with one attached hydrogen (secondary N) is 1. The van der Waals surface area contributed by atoms with Gasteiger partial charge in [-0.15, -0.1) is 0 Å². The molecule has 0 aliphatic heterocycles. The highest BCUT2D eigenvalue weighted by Crippen LogP contribution is 1.89. The second kappa shape index (κ2) is 6.23. The minimum Gasteiger partial charge on any atom is -0.369 e. The van der Waals surface area contributed by atoms with Gasteiger partial charge in [0.05, 0.1) is 6.54 Å². The van der Waals surface area contributed by atoms with Crippen LogP contribution in [0.5, 0.6) is 0 Å². The Kier molecular flexibility index (Phi) is 5.94. The van der Waals surface area contributed by atoms with Crippen molar-refractivity contribution in [2.75, 3.05) is 18.6 Å². The molecule has 6 nitrogen and oxygen atoms in total. The van der Waals surface area contributed by atoms with Gasteiger partial charge in [-0.05, 0) is 6.26 Å². The van der Waals surface area contributed by atoms with Crippen LogP contribution in [0.25, 0.3) is 0 Å². The number of thioether (sulfide) groups is 1. The van der Waals surface area contributed by atoms with Crippen molar-refractivity contribution >= 4 is 17.7 Å². The van der Waals surface area contributed by atoms with Gasteiger partial charge >= 0.3 is 0 Å². The van der Waals surface area contributed by atoms with Gasteiger partial charge in [0.1, 0.15) is 0 Å². The van der Waals surface area contributed by atoms with E-state index in [1.807, 2.05) is 11.7 Å². The first kappa shape index (κ1) is 10.5. The molecule has 0 radical (unpaired) electrons. The van der Waals surface area contributed by atoms with E-state index in [0.717, 1.165) is 5.75 Å². The van der Waals surface area contributed by atoms with Crippen molar-refractivity contribution in [2.24, 2.45) is 10.7 Å². The van der Waals surface area contributed by atoms with Gasteiger partial charge < -0.3 is 5.73 Å². The maximum absolute atomic E-state index is 8.19. The Morgan fingerprint density at radius 1 is 1.73 bits per heavy atom. The Morgan fingerprint density at radius 3 is 2.82 bits per heavy atom. The zero-order chi connectivity index (χ0) is 8.69. The summed E-state index contributed by atoms with van der Waals surface area (Å²) in [6.07, 6.45) is 1.95. The second-order valence-corrected chi connectivity index (χ2v) is 2.65. The summed E-state index contributed by atoms with van der Waals surface area (Å²) in [6.45, 7) is 0.549. The molecular formula is C4H12N4O2S. The molecule has 66 valence electrons. The highest BCUT2D eigenvalue weighted by Gasteiger charge is 1.93. The number of nitrogens with zero attached hydrogens (tertiary/aromatic N) is 2. The van der Waals surface area contributed by atoms with Crippen LogP contribution in [0.1, 0.15) is 0 Å². The number of nitrogens with two attached hydrogens (primary N) is 1. The van der Waals surface area contributed by atoms with Crippen molar-refractivity contribution in [3.05, 3.63) is 0 Å². The van der Waals surface area contributed by atoms with E-state index in [1.54, 1.807) is 11.8 Å². The van der Waals surface area contributed by atoms with Crippen molar-refractivity contribution in [3.8, 4) is 0 Å². The lowest BCUT2D eigenvalue weighted by molar-refractivity contribution is -0.329. The fourth-order valence-electron chi connectivity index (χ4n) is 0.395. The van der Waals surface area contributed by atoms with Gasteiger partial charge in [0.25, 0.3) is 0 Å². The van der Waals surface area contributed by atoms with Crippen LogP contribution in [-0.2, 0) is 0 Å². The third kappa shape index (κ3) is 7.40. The summed E-state index contributed by atoms with van der Waals surface area (Å²) in [6, 6.07) is 0. The zero-order valence-electron chi connectivity index (χ0n) is 6.19. The fraction of sp³-hybridized carbons (Fsp3) is 0.750. The summed E-state index contributed by atoms with van der Waals surface area (Å²) in [5, 5.41) is 16.1. The molecule has 0 atom stereocenters. The standard InChI is InChI=1S/C4H12N4O2S/c1-11-3-2-6-4(5)7-8(9)10/h9-10H,2-3H2,1H3,(H3,5,6,7). The van der Waals surface area contributed by atoms with Gasteiger partial charge in [-0.2, -0.15) is 11.8 Å². The fourth-order valence-corrected chi connectivity index (χ4v) is 0.669. The average Bonchev–Trinajstić information content (AvgIpc) is 1.86. The van der Waals surface area contributed by atoms with E-state index in [4.69, 9.17) is 16.1 Å². The van der Waals surface area contributed by atoms with Crippen LogP contribution in [-0.4, -0.2) is 40.3 Å². The summed E-state index contributed by atoms with van der Waals surface area (Å²) in [7, 11) is 0. The maximum Gasteiger partial charge on any atom is 0.207 e. The SMILES string of the molecule is CSCCN=C(N)NN(O)O. The minimum atomic E-state index is -0.238. The van der Waals surface area contributed by atoms with Crippen LogP contribution < -0.4 is 11.2 Å². The largest absolute Gasteiger partial charge is 0.369 e. The number of hydrazine groups is 1. The molecule has 0 aromatic heterocycles. The number of hydrogen-bond acceptors (Lipinski definition) is 5. The molecule has 0 saturated heterocycles. The molecular weight excluding hydrogens is 168 g/mol. The first-order chi connectivity index (χ1) is 5.16. The van der Waals surface area contributed by atoms with Crippen LogP contribution in [0.2, 0.25) is 0 Å². The van der Waals surface area contributed by atoms with Gasteiger partial charge in [0.2, 0.25) is 5.96 Å². The van der Waals surface area contributed by atoms with E-state index >= 15 is 0 Å². The molecule has 0 rings (SSSR count). The molecule has 11 heavy (non-hydrogen) atoms. The smallest absolute Gasteiger partial charge is 0.207 e. The predicted molar refractivity (Wildman–Crippen MR) is 43.4 cm³/mol. The summed E-state index contributed by atoms with van der Waals surface area (Å²) in [5.74, 6) is 0.822. The number of guanidine groups is 1. The van der Waals surface area contributed by atoms with Gasteiger partial charge in [-0.3, -0.25) is 15.4 Å². The summed E-state index contributed by atoms with van der Waals surface area (Å²) in [5.41, 5.74) is 7.15.